The summed E-state index contributed by atoms with van der Waals surface area (Å²) in [5, 5.41) is 0. The number of unbranched alkanes of at least 4 members (excludes halogenated alkanes) is 8. The van der Waals surface area contributed by atoms with Crippen LogP contribution in [-0.2, 0) is 20.9 Å². The molecule has 1 heterocycles. The smallest absolute Gasteiger partial charge is 0.302 e. The summed E-state index contributed by atoms with van der Waals surface area (Å²) in [6.07, 6.45) is 15.4. The van der Waals surface area contributed by atoms with E-state index in [1.54, 1.807) is 6.08 Å². The van der Waals surface area contributed by atoms with E-state index < -0.39 is 0 Å². The summed E-state index contributed by atoms with van der Waals surface area (Å²) in [6.45, 7) is 12.5. The number of carbonyl (C=O) groups is 2. The van der Waals surface area contributed by atoms with Crippen molar-refractivity contribution in [3.05, 3.63) is 47.5 Å². The van der Waals surface area contributed by atoms with Crippen LogP contribution in [0.2, 0.25) is 0 Å². The minimum atomic E-state index is -0.198. The third kappa shape index (κ3) is 11.9. The fourth-order valence-corrected chi connectivity index (χ4v) is 4.93. The highest BCUT2D eigenvalue weighted by Crippen LogP contribution is 2.21. The van der Waals surface area contributed by atoms with E-state index in [1.807, 2.05) is 4.90 Å². The number of carbonyl (C=O) groups excluding carboxylic acids is 2. The zero-order valence-electron chi connectivity index (χ0n) is 22.6. The Labute approximate surface area is 214 Å². The van der Waals surface area contributed by atoms with Crippen molar-refractivity contribution >= 4 is 11.9 Å². The summed E-state index contributed by atoms with van der Waals surface area (Å²) in [5.41, 5.74) is 2.72. The maximum absolute atomic E-state index is 12.8. The lowest BCUT2D eigenvalue weighted by molar-refractivity contribution is -0.944. The molecule has 1 aliphatic heterocycles. The molecule has 5 heteroatoms. The molecule has 0 aromatic heterocycles. The van der Waals surface area contributed by atoms with E-state index in [1.165, 1.54) is 50.3 Å². The van der Waals surface area contributed by atoms with Gasteiger partial charge in [0.1, 0.15) is 6.54 Å². The largest absolute Gasteiger partial charge is 0.466 e. The van der Waals surface area contributed by atoms with Crippen molar-refractivity contribution in [2.45, 2.75) is 91.5 Å². The maximum Gasteiger partial charge on any atom is 0.302 e. The number of ether oxygens (including phenoxy) is 1. The number of piperazine rings is 1. The van der Waals surface area contributed by atoms with Gasteiger partial charge in [0.2, 0.25) is 5.91 Å². The Hall–Kier alpha value is -2.14. The summed E-state index contributed by atoms with van der Waals surface area (Å²) in [7, 11) is 0. The lowest BCUT2D eigenvalue weighted by atomic mass is 10.1. The molecular formula is C30H49N2O3+. The van der Waals surface area contributed by atoms with Crippen LogP contribution in [-0.4, -0.2) is 60.6 Å². The number of aryl methyl sites for hydroxylation is 1. The third-order valence-corrected chi connectivity index (χ3v) is 7.21. The van der Waals surface area contributed by atoms with Gasteiger partial charge in [-0.1, -0.05) is 74.9 Å². The van der Waals surface area contributed by atoms with E-state index in [2.05, 4.69) is 44.2 Å². The number of rotatable bonds is 16. The third-order valence-electron chi connectivity index (χ3n) is 7.21. The van der Waals surface area contributed by atoms with Gasteiger partial charge in [0, 0.05) is 12.5 Å². The van der Waals surface area contributed by atoms with Gasteiger partial charge in [-0.3, -0.25) is 9.59 Å². The van der Waals surface area contributed by atoms with Gasteiger partial charge in [-0.25, -0.2) is 0 Å². The Kier molecular flexibility index (Phi) is 13.7. The minimum Gasteiger partial charge on any atom is -0.466 e. The highest BCUT2D eigenvalue weighted by atomic mass is 16.5. The Morgan fingerprint density at radius 3 is 2.29 bits per heavy atom. The molecule has 35 heavy (non-hydrogen) atoms. The molecule has 1 aromatic rings. The van der Waals surface area contributed by atoms with Crippen molar-refractivity contribution in [1.29, 1.82) is 0 Å². The van der Waals surface area contributed by atoms with Gasteiger partial charge in [-0.2, -0.15) is 0 Å². The topological polar surface area (TPSA) is 46.6 Å². The monoisotopic (exact) mass is 485 g/mol. The second-order valence-corrected chi connectivity index (χ2v) is 10.3. The molecule has 1 fully saturated rings. The normalized spacial score (nSPS) is 15.5. The average molecular weight is 486 g/mol. The first kappa shape index (κ1) is 29.1. The number of hydrogen-bond donors (Lipinski definition) is 0. The Balaban J connectivity index is 1.73. The summed E-state index contributed by atoms with van der Waals surface area (Å²) in [5.74, 6) is -0.0260. The lowest BCUT2D eigenvalue weighted by Gasteiger charge is -2.45. The van der Waals surface area contributed by atoms with Crippen molar-refractivity contribution in [2.24, 2.45) is 0 Å². The summed E-state index contributed by atoms with van der Waals surface area (Å²) >= 11 is 0. The molecule has 1 aromatic carbocycles. The van der Waals surface area contributed by atoms with E-state index >= 15 is 0 Å². The van der Waals surface area contributed by atoms with Crippen LogP contribution in [0, 0.1) is 6.92 Å². The Morgan fingerprint density at radius 1 is 0.943 bits per heavy atom. The van der Waals surface area contributed by atoms with Gasteiger partial charge < -0.3 is 14.1 Å². The van der Waals surface area contributed by atoms with Crippen LogP contribution in [0.15, 0.2) is 36.4 Å². The quantitative estimate of drug-likeness (QED) is 0.121. The molecular weight excluding hydrogens is 436 g/mol. The fraction of sp³-hybridized carbons (Fsp3) is 0.667. The zero-order chi connectivity index (χ0) is 25.4. The first-order valence-electron chi connectivity index (χ1n) is 13.9. The van der Waals surface area contributed by atoms with E-state index in [0.29, 0.717) is 6.61 Å². The average Bonchev–Trinajstić information content (AvgIpc) is 2.85. The fourth-order valence-electron chi connectivity index (χ4n) is 4.93. The Morgan fingerprint density at radius 2 is 1.60 bits per heavy atom. The molecule has 1 saturated heterocycles. The number of quaternary nitrogens is 1. The van der Waals surface area contributed by atoms with Crippen molar-refractivity contribution in [3.8, 4) is 0 Å². The standard InChI is InChI=1S/C30H49N2O3/c1-4-5-6-13-22-32(26-29-18-16-27(2)17-19-29)23-20-31(21-24-32)30(34)15-12-10-8-7-9-11-14-25-35-28(3)33/h12,15-19H,4-11,13-14,20-26H2,1-3H3/q+1/b15-12+. The van der Waals surface area contributed by atoms with Gasteiger partial charge >= 0.3 is 5.97 Å². The van der Waals surface area contributed by atoms with E-state index in [9.17, 15) is 9.59 Å². The van der Waals surface area contributed by atoms with Gasteiger partial charge in [0.15, 0.2) is 0 Å². The Bertz CT molecular complexity index is 764. The van der Waals surface area contributed by atoms with E-state index in [0.717, 1.165) is 75.7 Å². The van der Waals surface area contributed by atoms with Crippen molar-refractivity contribution in [1.82, 2.24) is 4.90 Å². The molecule has 0 aliphatic carbocycles. The number of benzene rings is 1. The van der Waals surface area contributed by atoms with Crippen LogP contribution >= 0.6 is 0 Å². The van der Waals surface area contributed by atoms with Gasteiger partial charge in [0.25, 0.3) is 0 Å². The SMILES string of the molecule is CCCCCC[N+]1(Cc2ccc(C)cc2)CCN(C(=O)/C=C/CCCCCCCOC(C)=O)CC1. The first-order valence-corrected chi connectivity index (χ1v) is 13.9. The molecule has 1 aliphatic rings. The second kappa shape index (κ2) is 16.5. The molecule has 0 bridgehead atoms. The number of esters is 1. The van der Waals surface area contributed by atoms with Crippen molar-refractivity contribution in [2.75, 3.05) is 39.3 Å². The zero-order valence-corrected chi connectivity index (χ0v) is 22.6. The summed E-state index contributed by atoms with van der Waals surface area (Å²) in [4.78, 5) is 25.5. The molecule has 0 spiro atoms. The molecule has 0 radical (unpaired) electrons. The van der Waals surface area contributed by atoms with Gasteiger partial charge in [-0.15, -0.1) is 0 Å². The molecule has 1 amide bonds. The molecule has 5 nitrogen and oxygen atoms in total. The highest BCUT2D eigenvalue weighted by molar-refractivity contribution is 5.87. The van der Waals surface area contributed by atoms with E-state index in [4.69, 9.17) is 4.74 Å². The number of allylic oxidation sites excluding steroid dienone is 1. The lowest BCUT2D eigenvalue weighted by Crippen LogP contribution is -2.60. The minimum absolute atomic E-state index is 0.172. The van der Waals surface area contributed by atoms with Crippen LogP contribution in [0.5, 0.6) is 0 Å². The predicted octanol–water partition coefficient (Wildman–Crippen LogP) is 6.19. The highest BCUT2D eigenvalue weighted by Gasteiger charge is 2.33. The molecule has 2 rings (SSSR count). The van der Waals surface area contributed by atoms with Gasteiger partial charge in [0.05, 0.1) is 39.3 Å². The van der Waals surface area contributed by atoms with Crippen molar-refractivity contribution < 1.29 is 18.8 Å². The predicted molar refractivity (Wildman–Crippen MR) is 144 cm³/mol. The maximum atomic E-state index is 12.8. The molecule has 0 N–H and O–H groups in total. The second-order valence-electron chi connectivity index (χ2n) is 10.3. The molecule has 0 atom stereocenters. The summed E-state index contributed by atoms with van der Waals surface area (Å²) in [6, 6.07) is 9.00. The first-order chi connectivity index (χ1) is 16.9. The molecule has 0 saturated carbocycles. The molecule has 196 valence electrons. The van der Waals surface area contributed by atoms with E-state index in [-0.39, 0.29) is 11.9 Å². The number of nitrogens with zero attached hydrogens (tertiary/aromatic N) is 2. The van der Waals surface area contributed by atoms with Gasteiger partial charge in [-0.05, 0) is 45.1 Å². The summed E-state index contributed by atoms with van der Waals surface area (Å²) < 4.78 is 6.06. The molecule has 0 unspecified atom stereocenters. The van der Waals surface area contributed by atoms with Crippen LogP contribution in [0.3, 0.4) is 0 Å². The van der Waals surface area contributed by atoms with Crippen LogP contribution in [0.1, 0.15) is 89.2 Å². The van der Waals surface area contributed by atoms with Crippen LogP contribution < -0.4 is 0 Å². The number of hydrogen-bond acceptors (Lipinski definition) is 3. The van der Waals surface area contributed by atoms with Crippen LogP contribution in [0.25, 0.3) is 0 Å². The van der Waals surface area contributed by atoms with Crippen LogP contribution in [0.4, 0.5) is 0 Å². The number of amides is 1. The van der Waals surface area contributed by atoms with Crippen molar-refractivity contribution in [3.63, 3.8) is 0 Å².